The minimum atomic E-state index is -0.522. The summed E-state index contributed by atoms with van der Waals surface area (Å²) < 4.78 is 1.81. The van der Waals surface area contributed by atoms with Crippen molar-refractivity contribution in [3.8, 4) is 0 Å². The second-order valence-corrected chi connectivity index (χ2v) is 6.53. The highest BCUT2D eigenvalue weighted by atomic mass is 16.3. The van der Waals surface area contributed by atoms with Crippen molar-refractivity contribution in [2.75, 3.05) is 11.9 Å². The number of urea groups is 1. The molecular formula is C16H28N4O2. The van der Waals surface area contributed by atoms with E-state index >= 15 is 0 Å². The second kappa shape index (κ2) is 7.63. The van der Waals surface area contributed by atoms with Crippen LogP contribution in [-0.2, 0) is 0 Å². The van der Waals surface area contributed by atoms with Crippen molar-refractivity contribution in [3.05, 3.63) is 12.4 Å². The predicted molar refractivity (Wildman–Crippen MR) is 86.9 cm³/mol. The highest BCUT2D eigenvalue weighted by Crippen LogP contribution is 2.23. The maximum atomic E-state index is 12.6. The summed E-state index contributed by atoms with van der Waals surface area (Å²) in [6, 6.07) is 0.345. The van der Waals surface area contributed by atoms with E-state index in [1.807, 2.05) is 24.7 Å². The summed E-state index contributed by atoms with van der Waals surface area (Å²) in [4.78, 5) is 14.4. The fourth-order valence-electron chi connectivity index (χ4n) is 2.96. The molecule has 1 unspecified atom stereocenters. The number of anilines is 1. The van der Waals surface area contributed by atoms with Gasteiger partial charge in [0.2, 0.25) is 0 Å². The molecule has 0 spiro atoms. The molecule has 0 radical (unpaired) electrons. The molecule has 0 saturated heterocycles. The van der Waals surface area contributed by atoms with Gasteiger partial charge in [-0.05, 0) is 33.6 Å². The monoisotopic (exact) mass is 308 g/mol. The Balaban J connectivity index is 2.03. The molecule has 0 aliphatic heterocycles. The lowest BCUT2D eigenvalue weighted by molar-refractivity contribution is 0.105. The van der Waals surface area contributed by atoms with E-state index in [1.54, 1.807) is 18.0 Å². The number of aromatic nitrogens is 2. The van der Waals surface area contributed by atoms with Gasteiger partial charge in [0.15, 0.2) is 0 Å². The lowest BCUT2D eigenvalue weighted by Crippen LogP contribution is -2.47. The van der Waals surface area contributed by atoms with Crippen molar-refractivity contribution in [1.82, 2.24) is 14.7 Å². The van der Waals surface area contributed by atoms with Crippen molar-refractivity contribution in [2.24, 2.45) is 0 Å². The lowest BCUT2D eigenvalue weighted by Gasteiger charge is -2.35. The average Bonchev–Trinajstić information content (AvgIpc) is 2.94. The smallest absolute Gasteiger partial charge is 0.322 e. The van der Waals surface area contributed by atoms with Crippen LogP contribution in [0.2, 0.25) is 0 Å². The predicted octanol–water partition coefficient (Wildman–Crippen LogP) is 3.01. The largest absolute Gasteiger partial charge is 0.392 e. The highest BCUT2D eigenvalue weighted by molar-refractivity contribution is 5.89. The molecule has 2 N–H and O–H groups in total. The number of hydrogen-bond donors (Lipinski definition) is 2. The molecule has 1 aliphatic rings. The van der Waals surface area contributed by atoms with Gasteiger partial charge in [-0.2, -0.15) is 5.10 Å². The molecule has 1 aliphatic carbocycles. The van der Waals surface area contributed by atoms with Crippen LogP contribution >= 0.6 is 0 Å². The quantitative estimate of drug-likeness (QED) is 0.878. The van der Waals surface area contributed by atoms with Crippen LogP contribution in [0.1, 0.15) is 58.9 Å². The van der Waals surface area contributed by atoms with Crippen molar-refractivity contribution >= 4 is 11.7 Å². The summed E-state index contributed by atoms with van der Waals surface area (Å²) in [5, 5.41) is 16.9. The van der Waals surface area contributed by atoms with E-state index in [1.165, 1.54) is 6.42 Å². The number of carbonyl (C=O) groups is 1. The average molecular weight is 308 g/mol. The Hall–Kier alpha value is -1.56. The molecular weight excluding hydrogens is 280 g/mol. The van der Waals surface area contributed by atoms with Crippen molar-refractivity contribution < 1.29 is 9.90 Å². The van der Waals surface area contributed by atoms with Gasteiger partial charge < -0.3 is 15.3 Å². The van der Waals surface area contributed by atoms with Crippen LogP contribution < -0.4 is 5.32 Å². The van der Waals surface area contributed by atoms with Gasteiger partial charge in [0.05, 0.1) is 18.0 Å². The molecule has 1 atom stereocenters. The summed E-state index contributed by atoms with van der Waals surface area (Å²) >= 11 is 0. The first-order valence-corrected chi connectivity index (χ1v) is 8.27. The minimum Gasteiger partial charge on any atom is -0.392 e. The van der Waals surface area contributed by atoms with E-state index in [-0.39, 0.29) is 18.1 Å². The summed E-state index contributed by atoms with van der Waals surface area (Å²) in [6.07, 6.45) is 8.56. The van der Waals surface area contributed by atoms with Crippen molar-refractivity contribution in [1.29, 1.82) is 0 Å². The molecule has 2 amide bonds. The van der Waals surface area contributed by atoms with Gasteiger partial charge in [-0.15, -0.1) is 0 Å². The third-order valence-electron chi connectivity index (χ3n) is 4.12. The van der Waals surface area contributed by atoms with Crippen LogP contribution in [-0.4, -0.2) is 44.5 Å². The van der Waals surface area contributed by atoms with Gasteiger partial charge in [-0.1, -0.05) is 19.3 Å². The Morgan fingerprint density at radius 3 is 2.64 bits per heavy atom. The number of amides is 2. The maximum absolute atomic E-state index is 12.6. The van der Waals surface area contributed by atoms with Gasteiger partial charge in [0, 0.05) is 24.8 Å². The van der Waals surface area contributed by atoms with E-state index in [0.717, 1.165) is 25.7 Å². The van der Waals surface area contributed by atoms with E-state index in [9.17, 15) is 9.90 Å². The Kier molecular flexibility index (Phi) is 5.83. The van der Waals surface area contributed by atoms with Crippen LogP contribution in [0.25, 0.3) is 0 Å². The van der Waals surface area contributed by atoms with Crippen LogP contribution in [0, 0.1) is 0 Å². The molecule has 1 fully saturated rings. The van der Waals surface area contributed by atoms with Crippen LogP contribution in [0.15, 0.2) is 12.4 Å². The second-order valence-electron chi connectivity index (χ2n) is 6.53. The molecule has 6 heteroatoms. The maximum Gasteiger partial charge on any atom is 0.322 e. The summed E-state index contributed by atoms with van der Waals surface area (Å²) in [6.45, 7) is 6.18. The first kappa shape index (κ1) is 16.8. The fourth-order valence-corrected chi connectivity index (χ4v) is 2.96. The lowest BCUT2D eigenvalue weighted by atomic mass is 9.94. The minimum absolute atomic E-state index is 0.142. The first-order chi connectivity index (χ1) is 10.5. The zero-order chi connectivity index (χ0) is 16.1. The number of rotatable bonds is 5. The first-order valence-electron chi connectivity index (χ1n) is 8.27. The molecule has 1 heterocycles. The number of hydrogen-bond acceptors (Lipinski definition) is 3. The Labute approximate surface area is 132 Å². The Morgan fingerprint density at radius 2 is 2.09 bits per heavy atom. The van der Waals surface area contributed by atoms with E-state index in [4.69, 9.17) is 0 Å². The van der Waals surface area contributed by atoms with Gasteiger partial charge >= 0.3 is 6.03 Å². The molecule has 0 bridgehead atoms. The SMILES string of the molecule is CC(O)CN(C(=O)Nc1cnn(C(C)C)c1)C1CCCCC1. The standard InChI is InChI=1S/C16H28N4O2/c1-12(2)20-11-14(9-17-20)18-16(22)19(10-13(3)21)15-7-5-4-6-8-15/h9,11-13,15,21H,4-8,10H2,1-3H3,(H,18,22). The number of nitrogens with one attached hydrogen (secondary N) is 1. The molecule has 1 saturated carbocycles. The summed E-state index contributed by atoms with van der Waals surface area (Å²) in [5.74, 6) is 0. The van der Waals surface area contributed by atoms with Gasteiger partial charge in [-0.25, -0.2) is 4.79 Å². The number of aliphatic hydroxyl groups is 1. The topological polar surface area (TPSA) is 70.4 Å². The molecule has 124 valence electrons. The molecule has 1 aromatic heterocycles. The third-order valence-corrected chi connectivity index (χ3v) is 4.12. The van der Waals surface area contributed by atoms with Crippen LogP contribution in [0.3, 0.4) is 0 Å². The van der Waals surface area contributed by atoms with Gasteiger partial charge in [0.1, 0.15) is 0 Å². The molecule has 2 rings (SSSR count). The van der Waals surface area contributed by atoms with Crippen LogP contribution in [0.4, 0.5) is 10.5 Å². The van der Waals surface area contributed by atoms with Crippen molar-refractivity contribution in [2.45, 2.75) is 71.1 Å². The van der Waals surface area contributed by atoms with Crippen molar-refractivity contribution in [3.63, 3.8) is 0 Å². The zero-order valence-corrected chi connectivity index (χ0v) is 13.8. The van der Waals surface area contributed by atoms with E-state index < -0.39 is 6.10 Å². The molecule has 1 aromatic rings. The number of nitrogens with zero attached hydrogens (tertiary/aromatic N) is 3. The highest BCUT2D eigenvalue weighted by Gasteiger charge is 2.26. The third kappa shape index (κ3) is 4.47. The van der Waals surface area contributed by atoms with E-state index in [0.29, 0.717) is 12.2 Å². The van der Waals surface area contributed by atoms with Gasteiger partial charge in [-0.3, -0.25) is 4.68 Å². The normalized spacial score (nSPS) is 17.5. The Morgan fingerprint density at radius 1 is 1.41 bits per heavy atom. The number of carbonyl (C=O) groups excluding carboxylic acids is 1. The fraction of sp³-hybridized carbons (Fsp3) is 0.750. The zero-order valence-electron chi connectivity index (χ0n) is 13.8. The molecule has 6 nitrogen and oxygen atoms in total. The number of aliphatic hydroxyl groups excluding tert-OH is 1. The molecule has 0 aromatic carbocycles. The Bertz CT molecular complexity index is 478. The summed E-state index contributed by atoms with van der Waals surface area (Å²) in [7, 11) is 0. The summed E-state index contributed by atoms with van der Waals surface area (Å²) in [5.41, 5.74) is 0.699. The molecule has 22 heavy (non-hydrogen) atoms. The van der Waals surface area contributed by atoms with E-state index in [2.05, 4.69) is 10.4 Å². The van der Waals surface area contributed by atoms with Crippen LogP contribution in [0.5, 0.6) is 0 Å². The van der Waals surface area contributed by atoms with Gasteiger partial charge in [0.25, 0.3) is 0 Å².